The van der Waals surface area contributed by atoms with E-state index in [0.29, 0.717) is 17.5 Å². The Labute approximate surface area is 321 Å². The molecule has 11 aromatic rings. The molecule has 0 N–H and O–H groups in total. The third kappa shape index (κ3) is 5.46. The first-order chi connectivity index (χ1) is 27.2. The maximum absolute atomic E-state index is 4.94. The van der Waals surface area contributed by atoms with E-state index in [1.165, 1.54) is 69.2 Å². The van der Waals surface area contributed by atoms with Crippen LogP contribution in [0.15, 0.2) is 188 Å². The monoisotopic (exact) mass is 717 g/mol. The van der Waals surface area contributed by atoms with Crippen LogP contribution in [0, 0.1) is 0 Å². The summed E-state index contributed by atoms with van der Waals surface area (Å²) in [5.41, 5.74) is 7.63. The smallest absolute Gasteiger partial charge is 0.164 e. The van der Waals surface area contributed by atoms with E-state index in [-0.39, 0.29) is 0 Å². The Kier molecular flexibility index (Phi) is 7.35. The van der Waals surface area contributed by atoms with Crippen LogP contribution in [-0.4, -0.2) is 15.0 Å². The molecule has 0 atom stereocenters. The molecule has 3 nitrogen and oxygen atoms in total. The fourth-order valence-electron chi connectivity index (χ4n) is 7.97. The van der Waals surface area contributed by atoms with Gasteiger partial charge in [0.1, 0.15) is 0 Å². The van der Waals surface area contributed by atoms with Gasteiger partial charge in [-0.05, 0) is 84.9 Å². The second kappa shape index (κ2) is 12.8. The minimum absolute atomic E-state index is 0.650. The molecular weight excluding hydrogens is 687 g/mol. The zero-order valence-corrected chi connectivity index (χ0v) is 30.5. The summed E-state index contributed by atoms with van der Waals surface area (Å²) in [6.45, 7) is 0. The largest absolute Gasteiger partial charge is 0.208 e. The molecule has 256 valence electrons. The highest BCUT2D eigenvalue weighted by Crippen LogP contribution is 2.41. The lowest BCUT2D eigenvalue weighted by molar-refractivity contribution is 1.07. The highest BCUT2D eigenvalue weighted by Gasteiger charge is 2.15. The van der Waals surface area contributed by atoms with Crippen molar-refractivity contribution in [2.45, 2.75) is 0 Å². The van der Waals surface area contributed by atoms with Gasteiger partial charge in [0.2, 0.25) is 0 Å². The third-order valence-electron chi connectivity index (χ3n) is 10.7. The van der Waals surface area contributed by atoms with Crippen molar-refractivity contribution in [1.29, 1.82) is 0 Å². The van der Waals surface area contributed by atoms with Crippen LogP contribution < -0.4 is 0 Å². The highest BCUT2D eigenvalue weighted by atomic mass is 32.1. The lowest BCUT2D eigenvalue weighted by Crippen LogP contribution is -2.00. The molecule has 4 heteroatoms. The molecule has 0 bridgehead atoms. The first-order valence-corrected chi connectivity index (χ1v) is 19.3. The molecule has 0 aliphatic heterocycles. The second-order valence-electron chi connectivity index (χ2n) is 14.0. The van der Waals surface area contributed by atoms with Crippen molar-refractivity contribution in [3.63, 3.8) is 0 Å². The molecule has 0 fully saturated rings. The Morgan fingerprint density at radius 2 is 0.600 bits per heavy atom. The van der Waals surface area contributed by atoms with Crippen LogP contribution in [0.2, 0.25) is 0 Å². The Hall–Kier alpha value is -7.01. The van der Waals surface area contributed by atoms with Gasteiger partial charge in [-0.15, -0.1) is 11.3 Å². The SMILES string of the molecule is c1ccc(-c2nc(-c3ccccc3)nc(-c3ccc(-c4ccc5c6ccccc6c6cc(-c7ccc8sc9ccccc9c8c7)ccc6c5c4)cc3)n2)cc1. The summed E-state index contributed by atoms with van der Waals surface area (Å²) >= 11 is 1.86. The Morgan fingerprint density at radius 3 is 1.20 bits per heavy atom. The van der Waals surface area contributed by atoms with Crippen molar-refractivity contribution < 1.29 is 0 Å². The molecule has 0 radical (unpaired) electrons. The number of hydrogen-bond acceptors (Lipinski definition) is 4. The number of thiophene rings is 1. The zero-order valence-electron chi connectivity index (χ0n) is 29.6. The van der Waals surface area contributed by atoms with Crippen LogP contribution in [0.4, 0.5) is 0 Å². The number of fused-ring (bicyclic) bond motifs is 9. The summed E-state index contributed by atoms with van der Waals surface area (Å²) in [7, 11) is 0. The average molecular weight is 718 g/mol. The van der Waals surface area contributed by atoms with E-state index >= 15 is 0 Å². The molecular formula is C51H31N3S. The van der Waals surface area contributed by atoms with Gasteiger partial charge < -0.3 is 0 Å². The van der Waals surface area contributed by atoms with Crippen molar-refractivity contribution in [3.05, 3.63) is 188 Å². The predicted octanol–water partition coefficient (Wildman–Crippen LogP) is 14.0. The number of rotatable bonds is 5. The van der Waals surface area contributed by atoms with E-state index in [1.807, 2.05) is 72.0 Å². The van der Waals surface area contributed by atoms with Gasteiger partial charge in [-0.3, -0.25) is 0 Å². The molecule has 0 amide bonds. The van der Waals surface area contributed by atoms with E-state index in [4.69, 9.17) is 15.0 Å². The fourth-order valence-corrected chi connectivity index (χ4v) is 9.06. The summed E-state index contributed by atoms with van der Waals surface area (Å²) in [6.07, 6.45) is 0. The summed E-state index contributed by atoms with van der Waals surface area (Å²) in [5.74, 6) is 1.97. The fraction of sp³-hybridized carbons (Fsp3) is 0. The molecule has 2 heterocycles. The van der Waals surface area contributed by atoms with Gasteiger partial charge in [0, 0.05) is 36.9 Å². The van der Waals surface area contributed by atoms with E-state index in [1.54, 1.807) is 0 Å². The van der Waals surface area contributed by atoms with Crippen LogP contribution in [0.1, 0.15) is 0 Å². The second-order valence-corrected chi connectivity index (χ2v) is 15.1. The summed E-state index contributed by atoms with van der Waals surface area (Å²) in [4.78, 5) is 14.7. The number of aromatic nitrogens is 3. The van der Waals surface area contributed by atoms with Gasteiger partial charge in [-0.25, -0.2) is 15.0 Å². The van der Waals surface area contributed by atoms with Crippen LogP contribution in [-0.2, 0) is 0 Å². The minimum Gasteiger partial charge on any atom is -0.208 e. The van der Waals surface area contributed by atoms with Crippen LogP contribution in [0.5, 0.6) is 0 Å². The van der Waals surface area contributed by atoms with Gasteiger partial charge in [-0.1, -0.05) is 158 Å². The van der Waals surface area contributed by atoms with Crippen LogP contribution in [0.3, 0.4) is 0 Å². The molecule has 9 aromatic carbocycles. The Morgan fingerprint density at radius 1 is 0.236 bits per heavy atom. The molecule has 0 saturated heterocycles. The summed E-state index contributed by atoms with van der Waals surface area (Å²) in [5, 5.41) is 10.2. The molecule has 2 aromatic heterocycles. The van der Waals surface area contributed by atoms with Gasteiger partial charge >= 0.3 is 0 Å². The van der Waals surface area contributed by atoms with Crippen molar-refractivity contribution in [1.82, 2.24) is 15.0 Å². The van der Waals surface area contributed by atoms with Gasteiger partial charge in [-0.2, -0.15) is 0 Å². The van der Waals surface area contributed by atoms with E-state index in [2.05, 4.69) is 127 Å². The first-order valence-electron chi connectivity index (χ1n) is 18.5. The lowest BCUT2D eigenvalue weighted by Gasteiger charge is -2.14. The van der Waals surface area contributed by atoms with Gasteiger partial charge in [0.05, 0.1) is 0 Å². The van der Waals surface area contributed by atoms with Crippen molar-refractivity contribution in [3.8, 4) is 56.4 Å². The number of benzene rings is 9. The molecule has 55 heavy (non-hydrogen) atoms. The molecule has 11 rings (SSSR count). The lowest BCUT2D eigenvalue weighted by atomic mass is 9.90. The molecule has 0 saturated carbocycles. The predicted molar refractivity (Wildman–Crippen MR) is 232 cm³/mol. The number of nitrogens with zero attached hydrogens (tertiary/aromatic N) is 3. The van der Waals surface area contributed by atoms with Crippen molar-refractivity contribution in [2.24, 2.45) is 0 Å². The standard InChI is InChI=1S/C51H31N3S/c1-3-11-33(12-4-1)49-52-50(34-13-5-2-6-14-34)54-51(53-49)35-21-19-32(20-22-35)36-23-26-41-39-15-7-8-16-40(39)44-30-37(24-27-42(44)45(41)29-36)38-25-28-48-46(31-38)43-17-9-10-18-47(43)55-48/h1-31H. The van der Waals surface area contributed by atoms with Crippen molar-refractivity contribution in [2.75, 3.05) is 0 Å². The molecule has 0 unspecified atom stereocenters. The number of hydrogen-bond donors (Lipinski definition) is 0. The van der Waals surface area contributed by atoms with Crippen LogP contribution >= 0.6 is 11.3 Å². The molecule has 0 aliphatic rings. The Bertz CT molecular complexity index is 3180. The van der Waals surface area contributed by atoms with Gasteiger partial charge in [0.25, 0.3) is 0 Å². The molecule has 0 spiro atoms. The Balaban J connectivity index is 1.01. The van der Waals surface area contributed by atoms with Crippen molar-refractivity contribution >= 4 is 63.8 Å². The minimum atomic E-state index is 0.650. The third-order valence-corrected chi connectivity index (χ3v) is 11.9. The highest BCUT2D eigenvalue weighted by molar-refractivity contribution is 7.25. The van der Waals surface area contributed by atoms with E-state index in [0.717, 1.165) is 22.3 Å². The van der Waals surface area contributed by atoms with Gasteiger partial charge in [0.15, 0.2) is 17.5 Å². The normalized spacial score (nSPS) is 11.6. The van der Waals surface area contributed by atoms with E-state index in [9.17, 15) is 0 Å². The quantitative estimate of drug-likeness (QED) is 0.166. The zero-order chi connectivity index (χ0) is 36.3. The maximum Gasteiger partial charge on any atom is 0.164 e. The summed E-state index contributed by atoms with van der Waals surface area (Å²) < 4.78 is 2.65. The van der Waals surface area contributed by atoms with Crippen LogP contribution in [0.25, 0.3) is 109 Å². The topological polar surface area (TPSA) is 38.7 Å². The first kappa shape index (κ1) is 31.5. The van der Waals surface area contributed by atoms with E-state index < -0.39 is 0 Å². The average Bonchev–Trinajstić information content (AvgIpc) is 3.65. The summed E-state index contributed by atoms with van der Waals surface area (Å²) in [6, 6.07) is 67.1. The molecule has 0 aliphatic carbocycles. The maximum atomic E-state index is 4.94.